The van der Waals surface area contributed by atoms with Crippen LogP contribution in [0.2, 0.25) is 0 Å². The Morgan fingerprint density at radius 1 is 1.22 bits per heavy atom. The highest BCUT2D eigenvalue weighted by Gasteiger charge is 2.42. The highest BCUT2D eigenvalue weighted by Crippen LogP contribution is 2.43. The minimum atomic E-state index is -1.10. The van der Waals surface area contributed by atoms with Crippen LogP contribution in [0.25, 0.3) is 10.9 Å². The minimum absolute atomic E-state index is 0.0104. The van der Waals surface area contributed by atoms with Crippen molar-refractivity contribution in [2.75, 3.05) is 6.61 Å². The van der Waals surface area contributed by atoms with Gasteiger partial charge in [-0.25, -0.2) is 13.6 Å². The van der Waals surface area contributed by atoms with Crippen molar-refractivity contribution in [2.24, 2.45) is 5.41 Å². The van der Waals surface area contributed by atoms with Crippen molar-refractivity contribution in [3.8, 4) is 0 Å². The van der Waals surface area contributed by atoms with E-state index in [-0.39, 0.29) is 22.9 Å². The number of halogens is 2. The zero-order valence-corrected chi connectivity index (χ0v) is 12.4. The van der Waals surface area contributed by atoms with Crippen molar-refractivity contribution < 1.29 is 13.5 Å². The highest BCUT2D eigenvalue weighted by molar-refractivity contribution is 5.77. The Balaban J connectivity index is 1.82. The summed E-state index contributed by atoms with van der Waals surface area (Å²) in [6.07, 6.45) is 3.96. The first kappa shape index (κ1) is 14.6. The Kier molecular flexibility index (Phi) is 3.16. The normalized spacial score (nSPS) is 26.8. The molecule has 122 valence electrons. The Morgan fingerprint density at radius 3 is 2.57 bits per heavy atom. The molecule has 23 heavy (non-hydrogen) atoms. The molecule has 3 heterocycles. The van der Waals surface area contributed by atoms with E-state index in [4.69, 9.17) is 4.74 Å². The molecule has 2 saturated heterocycles. The number of hydrogen-bond donors (Lipinski definition) is 1. The molecular weight excluding hydrogens is 306 g/mol. The fraction of sp³-hybridized carbons (Fsp3) is 0.500. The van der Waals surface area contributed by atoms with Crippen molar-refractivity contribution in [1.29, 1.82) is 0 Å². The van der Waals surface area contributed by atoms with Crippen LogP contribution in [0.5, 0.6) is 0 Å². The molecule has 3 fully saturated rings. The minimum Gasteiger partial charge on any atom is -0.378 e. The summed E-state index contributed by atoms with van der Waals surface area (Å²) in [6.45, 7) is 0.766. The van der Waals surface area contributed by atoms with E-state index in [0.717, 1.165) is 42.4 Å². The number of hydrogen-bond acceptors (Lipinski definition) is 3. The lowest BCUT2D eigenvalue weighted by Crippen LogP contribution is -2.49. The van der Waals surface area contributed by atoms with Gasteiger partial charge in [0.1, 0.15) is 0 Å². The maximum atomic E-state index is 13.4. The van der Waals surface area contributed by atoms with Crippen LogP contribution in [0.4, 0.5) is 8.78 Å². The van der Waals surface area contributed by atoms with Crippen LogP contribution in [-0.2, 0) is 11.3 Å². The average Bonchev–Trinajstić information content (AvgIpc) is 2.55. The Hall–Kier alpha value is -2.02. The summed E-state index contributed by atoms with van der Waals surface area (Å²) in [7, 11) is 0. The summed E-state index contributed by atoms with van der Waals surface area (Å²) in [5.74, 6) is -2.20. The first-order valence-corrected chi connectivity index (χ1v) is 7.71. The highest BCUT2D eigenvalue weighted by atomic mass is 19.2. The number of fused-ring (bicyclic) bond motifs is 4. The third kappa shape index (κ3) is 2.30. The number of nitrogens with one attached hydrogen (secondary N) is 1. The molecule has 0 amide bonds. The van der Waals surface area contributed by atoms with Crippen molar-refractivity contribution in [3.05, 3.63) is 44.6 Å². The van der Waals surface area contributed by atoms with E-state index >= 15 is 0 Å². The van der Waals surface area contributed by atoms with Crippen LogP contribution in [0.1, 0.15) is 25.7 Å². The van der Waals surface area contributed by atoms with Gasteiger partial charge in [-0.05, 0) is 31.7 Å². The second-order valence-corrected chi connectivity index (χ2v) is 6.64. The van der Waals surface area contributed by atoms with Crippen LogP contribution in [0.3, 0.4) is 0 Å². The molecule has 1 aromatic carbocycles. The number of H-pyrrole nitrogens is 1. The number of ether oxygens (including phenoxy) is 1. The zero-order chi connectivity index (χ0) is 16.2. The van der Waals surface area contributed by atoms with Crippen LogP contribution < -0.4 is 11.2 Å². The smallest absolute Gasteiger partial charge is 0.328 e. The summed E-state index contributed by atoms with van der Waals surface area (Å²) in [5, 5.41) is -0.0229. The Bertz CT molecular complexity index is 881. The topological polar surface area (TPSA) is 64.1 Å². The maximum absolute atomic E-state index is 13.4. The molecule has 2 aromatic rings. The summed E-state index contributed by atoms with van der Waals surface area (Å²) < 4.78 is 33.5. The Morgan fingerprint density at radius 2 is 1.91 bits per heavy atom. The molecule has 5 rings (SSSR count). The molecule has 5 nitrogen and oxygen atoms in total. The fourth-order valence-electron chi connectivity index (χ4n) is 3.74. The van der Waals surface area contributed by atoms with E-state index < -0.39 is 22.9 Å². The SMILES string of the molecule is O=c1[nH]c2cc(F)c(F)cc2c(=O)n1CC12CCC(CC1)OC2. The number of rotatable bonds is 2. The number of aromatic nitrogens is 2. The van der Waals surface area contributed by atoms with Crippen molar-refractivity contribution in [3.63, 3.8) is 0 Å². The van der Waals surface area contributed by atoms with Gasteiger partial charge < -0.3 is 9.72 Å². The molecule has 0 unspecified atom stereocenters. The van der Waals surface area contributed by atoms with E-state index in [1.54, 1.807) is 0 Å². The molecule has 0 spiro atoms. The van der Waals surface area contributed by atoms with Crippen LogP contribution in [0, 0.1) is 17.0 Å². The van der Waals surface area contributed by atoms with Gasteiger partial charge in [0, 0.05) is 18.0 Å². The molecule has 2 aliphatic heterocycles. The Labute approximate surface area is 129 Å². The number of aromatic amines is 1. The van der Waals surface area contributed by atoms with Gasteiger partial charge in [0.25, 0.3) is 5.56 Å². The fourth-order valence-corrected chi connectivity index (χ4v) is 3.74. The van der Waals surface area contributed by atoms with Gasteiger partial charge >= 0.3 is 5.69 Å². The number of benzene rings is 1. The molecule has 1 saturated carbocycles. The van der Waals surface area contributed by atoms with E-state index in [2.05, 4.69) is 4.98 Å². The first-order chi connectivity index (χ1) is 11.0. The van der Waals surface area contributed by atoms with Gasteiger partial charge in [0.05, 0.1) is 23.6 Å². The first-order valence-electron chi connectivity index (χ1n) is 7.71. The van der Waals surface area contributed by atoms with Crippen molar-refractivity contribution in [1.82, 2.24) is 9.55 Å². The van der Waals surface area contributed by atoms with Gasteiger partial charge in [-0.2, -0.15) is 0 Å². The van der Waals surface area contributed by atoms with Crippen molar-refractivity contribution >= 4 is 10.9 Å². The second-order valence-electron chi connectivity index (χ2n) is 6.64. The molecule has 1 aromatic heterocycles. The van der Waals surface area contributed by atoms with E-state index in [1.165, 1.54) is 0 Å². The van der Waals surface area contributed by atoms with Crippen LogP contribution >= 0.6 is 0 Å². The molecule has 1 N–H and O–H groups in total. The molecule has 0 radical (unpaired) electrons. The molecule has 2 bridgehead atoms. The average molecular weight is 322 g/mol. The third-order valence-electron chi connectivity index (χ3n) is 5.13. The lowest BCUT2D eigenvalue weighted by molar-refractivity contribution is -0.121. The molecule has 1 aliphatic carbocycles. The quantitative estimate of drug-likeness (QED) is 0.919. The van der Waals surface area contributed by atoms with E-state index in [0.29, 0.717) is 12.7 Å². The number of nitrogens with zero attached hydrogens (tertiary/aromatic N) is 1. The van der Waals surface area contributed by atoms with Gasteiger partial charge in [-0.15, -0.1) is 0 Å². The lowest BCUT2D eigenvalue weighted by Gasteiger charge is -2.46. The van der Waals surface area contributed by atoms with Gasteiger partial charge in [-0.3, -0.25) is 9.36 Å². The standard InChI is InChI=1S/C16H16F2N2O3/c17-11-5-10-13(6-12(11)18)19-15(22)20(14(10)21)7-16-3-1-9(2-4-16)23-8-16/h5-6,9H,1-4,7-8H2,(H,19,22). The second kappa shape index (κ2) is 4.99. The van der Waals surface area contributed by atoms with Gasteiger partial charge in [0.15, 0.2) is 11.6 Å². The predicted octanol–water partition coefficient (Wildman–Crippen LogP) is 1.93. The summed E-state index contributed by atoms with van der Waals surface area (Å²) in [6, 6.07) is 1.68. The summed E-state index contributed by atoms with van der Waals surface area (Å²) in [4.78, 5) is 27.3. The van der Waals surface area contributed by atoms with Crippen LogP contribution in [0.15, 0.2) is 21.7 Å². The largest absolute Gasteiger partial charge is 0.378 e. The molecule has 3 aliphatic rings. The third-order valence-corrected chi connectivity index (χ3v) is 5.13. The zero-order valence-electron chi connectivity index (χ0n) is 12.4. The molecule has 0 atom stereocenters. The van der Waals surface area contributed by atoms with Gasteiger partial charge in [0.2, 0.25) is 0 Å². The van der Waals surface area contributed by atoms with E-state index in [1.807, 2.05) is 0 Å². The summed E-state index contributed by atoms with van der Waals surface area (Å²) in [5.41, 5.74) is -1.41. The predicted molar refractivity (Wildman–Crippen MR) is 79.4 cm³/mol. The maximum Gasteiger partial charge on any atom is 0.328 e. The summed E-state index contributed by atoms with van der Waals surface area (Å²) >= 11 is 0. The van der Waals surface area contributed by atoms with Crippen molar-refractivity contribution in [2.45, 2.75) is 38.3 Å². The van der Waals surface area contributed by atoms with Crippen LogP contribution in [-0.4, -0.2) is 22.3 Å². The molecule has 7 heteroatoms. The van der Waals surface area contributed by atoms with E-state index in [9.17, 15) is 18.4 Å². The van der Waals surface area contributed by atoms with Gasteiger partial charge in [-0.1, -0.05) is 0 Å². The molecular formula is C16H16F2N2O3. The lowest BCUT2D eigenvalue weighted by atomic mass is 9.71. The monoisotopic (exact) mass is 322 g/mol.